The van der Waals surface area contributed by atoms with Gasteiger partial charge in [0.2, 0.25) is 10.0 Å². The third kappa shape index (κ3) is 2.72. The molecule has 0 atom stereocenters. The third-order valence-electron chi connectivity index (χ3n) is 1.50. The molecule has 15 heavy (non-hydrogen) atoms. The Hall–Kier alpha value is -0.550. The van der Waals surface area contributed by atoms with E-state index in [1.165, 1.54) is 22.6 Å². The van der Waals surface area contributed by atoms with Crippen LogP contribution in [0.2, 0.25) is 0 Å². The van der Waals surface area contributed by atoms with Gasteiger partial charge in [-0.1, -0.05) is 0 Å². The van der Waals surface area contributed by atoms with Crippen molar-refractivity contribution in [1.29, 1.82) is 0 Å². The van der Waals surface area contributed by atoms with Gasteiger partial charge in [-0.25, -0.2) is 22.3 Å². The van der Waals surface area contributed by atoms with E-state index in [4.69, 9.17) is 5.14 Å². The fourth-order valence-electron chi connectivity index (χ4n) is 0.863. The summed E-state index contributed by atoms with van der Waals surface area (Å²) in [5, 5.41) is 4.77. The van der Waals surface area contributed by atoms with Crippen molar-refractivity contribution in [2.45, 2.75) is 11.3 Å². The first-order valence-electron chi connectivity index (χ1n) is 3.47. The van der Waals surface area contributed by atoms with Crippen LogP contribution in [0.1, 0.15) is 12.1 Å². The summed E-state index contributed by atoms with van der Waals surface area (Å²) < 4.78 is 46.2. The zero-order valence-electron chi connectivity index (χ0n) is 7.00. The molecule has 0 fully saturated rings. The molecule has 5 nitrogen and oxygen atoms in total. The molecule has 0 spiro atoms. The topological polar surface area (TPSA) is 93.0 Å². The average molecular weight is 350 g/mol. The zero-order valence-corrected chi connectivity index (χ0v) is 9.97. The Labute approximate surface area is 96.9 Å². The molecule has 1 heterocycles. The molecule has 0 bridgehead atoms. The Morgan fingerprint density at radius 2 is 2.00 bits per heavy atom. The van der Waals surface area contributed by atoms with E-state index in [-0.39, 0.29) is 3.57 Å². The highest BCUT2D eigenvalue weighted by Crippen LogP contribution is 2.20. The van der Waals surface area contributed by atoms with Crippen molar-refractivity contribution in [2.24, 2.45) is 5.14 Å². The Kier molecular flexibility index (Phi) is 3.45. The molecule has 0 aromatic carbocycles. The van der Waals surface area contributed by atoms with Crippen molar-refractivity contribution in [1.82, 2.24) is 4.98 Å². The summed E-state index contributed by atoms with van der Waals surface area (Å²) >= 11 is 1.42. The molecule has 1 aromatic rings. The van der Waals surface area contributed by atoms with Gasteiger partial charge in [0.15, 0.2) is 0 Å². The average Bonchev–Trinajstić information content (AvgIpc) is 2.06. The number of nitrogens with two attached hydrogens (primary N) is 1. The van der Waals surface area contributed by atoms with E-state index in [2.05, 4.69) is 0 Å². The van der Waals surface area contributed by atoms with Crippen molar-refractivity contribution < 1.29 is 17.2 Å². The van der Waals surface area contributed by atoms with Gasteiger partial charge < -0.3 is 4.98 Å². The maximum atomic E-state index is 12.2. The highest BCUT2D eigenvalue weighted by molar-refractivity contribution is 14.1. The summed E-state index contributed by atoms with van der Waals surface area (Å²) in [4.78, 5) is 12.4. The van der Waals surface area contributed by atoms with Crippen molar-refractivity contribution in [2.75, 3.05) is 0 Å². The molecule has 0 aliphatic carbocycles. The monoisotopic (exact) mass is 350 g/mol. The van der Waals surface area contributed by atoms with Crippen molar-refractivity contribution >= 4 is 32.6 Å². The molecule has 0 aliphatic heterocycles. The second-order valence-corrected chi connectivity index (χ2v) is 5.19. The number of sulfonamides is 1. The maximum Gasteiger partial charge on any atom is 0.278 e. The van der Waals surface area contributed by atoms with Gasteiger partial charge in [0, 0.05) is 0 Å². The summed E-state index contributed by atoms with van der Waals surface area (Å²) in [7, 11) is -4.17. The number of pyridine rings is 1. The number of primary sulfonamides is 1. The first kappa shape index (κ1) is 12.5. The van der Waals surface area contributed by atoms with Crippen LogP contribution in [-0.4, -0.2) is 13.4 Å². The van der Waals surface area contributed by atoms with Gasteiger partial charge in [-0.3, -0.25) is 4.79 Å². The van der Waals surface area contributed by atoms with E-state index in [9.17, 15) is 22.0 Å². The predicted molar refractivity (Wildman–Crippen MR) is 56.1 cm³/mol. The lowest BCUT2D eigenvalue weighted by Crippen LogP contribution is -2.22. The van der Waals surface area contributed by atoms with Gasteiger partial charge >= 0.3 is 0 Å². The number of rotatable bonds is 2. The normalized spacial score (nSPS) is 12.1. The summed E-state index contributed by atoms with van der Waals surface area (Å²) in [6, 6.07) is 0.656. The van der Waals surface area contributed by atoms with E-state index in [1.807, 2.05) is 4.98 Å². The fraction of sp³-hybridized carbons (Fsp3) is 0.167. The van der Waals surface area contributed by atoms with E-state index in [0.29, 0.717) is 6.07 Å². The number of hydrogen-bond acceptors (Lipinski definition) is 3. The molecule has 9 heteroatoms. The largest absolute Gasteiger partial charge is 0.320 e. The maximum absolute atomic E-state index is 12.2. The molecule has 0 saturated heterocycles. The quantitative estimate of drug-likeness (QED) is 0.764. The minimum atomic E-state index is -4.17. The van der Waals surface area contributed by atoms with Crippen LogP contribution >= 0.6 is 22.6 Å². The fourth-order valence-corrected chi connectivity index (χ4v) is 2.71. The number of H-pyrrole nitrogens is 1. The number of aromatic nitrogens is 1. The highest BCUT2D eigenvalue weighted by Gasteiger charge is 2.19. The number of aromatic amines is 1. The van der Waals surface area contributed by atoms with Crippen molar-refractivity contribution in [3.63, 3.8) is 0 Å². The Balaban J connectivity index is 3.60. The number of hydrogen-bond donors (Lipinski definition) is 2. The minimum absolute atomic E-state index is 0.237. The van der Waals surface area contributed by atoms with Gasteiger partial charge in [0.1, 0.15) is 4.90 Å². The molecule has 1 aromatic heterocycles. The van der Waals surface area contributed by atoms with Crippen LogP contribution in [0.5, 0.6) is 0 Å². The molecule has 0 aliphatic rings. The lowest BCUT2D eigenvalue weighted by molar-refractivity contribution is 0.145. The molecule has 1 rings (SSSR count). The molecule has 84 valence electrons. The van der Waals surface area contributed by atoms with E-state index in [0.717, 1.165) is 0 Å². The van der Waals surface area contributed by atoms with Crippen molar-refractivity contribution in [3.05, 3.63) is 25.7 Å². The number of nitrogens with one attached hydrogen (secondary N) is 1. The number of alkyl halides is 2. The summed E-state index contributed by atoms with van der Waals surface area (Å²) in [5.41, 5.74) is -1.68. The Morgan fingerprint density at radius 1 is 1.47 bits per heavy atom. The molecule has 3 N–H and O–H groups in total. The van der Waals surface area contributed by atoms with Crippen LogP contribution in [-0.2, 0) is 10.0 Å². The van der Waals surface area contributed by atoms with Crippen LogP contribution in [0.4, 0.5) is 8.78 Å². The molecular formula is C6H5F2IN2O3S. The summed E-state index contributed by atoms with van der Waals surface area (Å²) in [5.74, 6) is 0. The number of halogens is 3. The van der Waals surface area contributed by atoms with Crippen LogP contribution in [0.15, 0.2) is 15.8 Å². The summed E-state index contributed by atoms with van der Waals surface area (Å²) in [6.07, 6.45) is -2.96. The minimum Gasteiger partial charge on any atom is -0.320 e. The second-order valence-electron chi connectivity index (χ2n) is 2.58. The van der Waals surface area contributed by atoms with Gasteiger partial charge in [-0.15, -0.1) is 0 Å². The first-order chi connectivity index (χ1) is 6.73. The Morgan fingerprint density at radius 3 is 2.40 bits per heavy atom. The SMILES string of the molecule is NS(=O)(=O)c1cc(C(F)F)[nH]c(=O)c1I. The molecule has 0 amide bonds. The van der Waals surface area contributed by atoms with Crippen LogP contribution < -0.4 is 10.7 Å². The van der Waals surface area contributed by atoms with Gasteiger partial charge in [-0.05, 0) is 28.7 Å². The van der Waals surface area contributed by atoms with Gasteiger partial charge in [-0.2, -0.15) is 0 Å². The highest BCUT2D eigenvalue weighted by atomic mass is 127. The van der Waals surface area contributed by atoms with Crippen molar-refractivity contribution in [3.8, 4) is 0 Å². The van der Waals surface area contributed by atoms with E-state index in [1.54, 1.807) is 0 Å². The molecule has 0 saturated carbocycles. The molecule has 0 unspecified atom stereocenters. The van der Waals surface area contributed by atoms with Gasteiger partial charge in [0.25, 0.3) is 12.0 Å². The molecular weight excluding hydrogens is 345 g/mol. The third-order valence-corrected chi connectivity index (χ3v) is 3.87. The molecule has 0 radical (unpaired) electrons. The first-order valence-corrected chi connectivity index (χ1v) is 6.09. The zero-order chi connectivity index (χ0) is 11.8. The summed E-state index contributed by atoms with van der Waals surface area (Å²) in [6.45, 7) is 0. The smallest absolute Gasteiger partial charge is 0.278 e. The van der Waals surface area contributed by atoms with E-state index >= 15 is 0 Å². The lowest BCUT2D eigenvalue weighted by atomic mass is 10.3. The van der Waals surface area contributed by atoms with Crippen LogP contribution in [0.25, 0.3) is 0 Å². The standard InChI is InChI=1S/C6H5F2IN2O3S/c7-5(8)2-1-3(15(10,13)14)4(9)6(12)11-2/h1,5H,(H,11,12)(H2,10,13,14). The Bertz CT molecular complexity index is 540. The van der Waals surface area contributed by atoms with Crippen LogP contribution in [0, 0.1) is 3.57 Å². The van der Waals surface area contributed by atoms with Crippen LogP contribution in [0.3, 0.4) is 0 Å². The lowest BCUT2D eigenvalue weighted by Gasteiger charge is -2.04. The second kappa shape index (κ2) is 4.14. The van der Waals surface area contributed by atoms with E-state index < -0.39 is 32.6 Å². The predicted octanol–water partition coefficient (Wildman–Crippen LogP) is 0.565. The van der Waals surface area contributed by atoms with Gasteiger partial charge in [0.05, 0.1) is 9.26 Å².